The molecule has 0 spiro atoms. The Morgan fingerprint density at radius 2 is 1.69 bits per heavy atom. The Morgan fingerprint density at radius 3 is 2.31 bits per heavy atom. The van der Waals surface area contributed by atoms with E-state index in [1.54, 1.807) is 26.0 Å². The van der Waals surface area contributed by atoms with Gasteiger partial charge in [-0.2, -0.15) is 0 Å². The van der Waals surface area contributed by atoms with Crippen LogP contribution in [0.4, 0.5) is 14.5 Å². The van der Waals surface area contributed by atoms with E-state index in [1.165, 1.54) is 6.07 Å². The number of rotatable bonds is 6. The lowest BCUT2D eigenvalue weighted by Crippen LogP contribution is -2.24. The van der Waals surface area contributed by atoms with Crippen molar-refractivity contribution in [3.63, 3.8) is 0 Å². The maximum Gasteiger partial charge on any atom is 0.344 e. The Kier molecular flexibility index (Phi) is 6.52. The lowest BCUT2D eigenvalue weighted by atomic mass is 10.1. The normalized spacial score (nSPS) is 10.3. The molecule has 2 rings (SSSR count). The fourth-order valence-corrected chi connectivity index (χ4v) is 2.54. The van der Waals surface area contributed by atoms with Crippen molar-refractivity contribution >= 4 is 29.2 Å². The number of halogens is 3. The molecule has 2 aromatic rings. The molecule has 1 amide bonds. The Labute approximate surface area is 153 Å². The van der Waals surface area contributed by atoms with Gasteiger partial charge in [-0.05, 0) is 49.2 Å². The molecule has 8 heteroatoms. The quantitative estimate of drug-likeness (QED) is 0.771. The van der Waals surface area contributed by atoms with Gasteiger partial charge in [0.05, 0.1) is 0 Å². The van der Waals surface area contributed by atoms with Crippen LogP contribution in [0.5, 0.6) is 5.75 Å². The molecule has 0 aliphatic carbocycles. The van der Waals surface area contributed by atoms with Crippen molar-refractivity contribution < 1.29 is 27.8 Å². The molecule has 5 nitrogen and oxygen atoms in total. The molecule has 0 fully saturated rings. The van der Waals surface area contributed by atoms with Gasteiger partial charge in [-0.1, -0.05) is 11.6 Å². The van der Waals surface area contributed by atoms with E-state index >= 15 is 0 Å². The van der Waals surface area contributed by atoms with E-state index in [1.807, 2.05) is 0 Å². The molecule has 0 saturated carbocycles. The molecule has 0 atom stereocenters. The summed E-state index contributed by atoms with van der Waals surface area (Å²) in [5, 5.41) is 2.84. The zero-order chi connectivity index (χ0) is 19.3. The molecular formula is C18H16ClF2NO4. The van der Waals surface area contributed by atoms with Gasteiger partial charge in [0, 0.05) is 16.8 Å². The van der Waals surface area contributed by atoms with Crippen LogP contribution < -0.4 is 10.1 Å². The second kappa shape index (κ2) is 8.62. The largest absolute Gasteiger partial charge is 0.481 e. The van der Waals surface area contributed by atoms with E-state index in [9.17, 15) is 18.4 Å². The molecule has 0 bridgehead atoms. The first-order valence-electron chi connectivity index (χ1n) is 7.56. The summed E-state index contributed by atoms with van der Waals surface area (Å²) >= 11 is 5.92. The van der Waals surface area contributed by atoms with Crippen LogP contribution in [-0.4, -0.2) is 25.1 Å². The van der Waals surface area contributed by atoms with Crippen molar-refractivity contribution in [1.29, 1.82) is 0 Å². The fraction of sp³-hybridized carbons (Fsp3) is 0.222. The van der Waals surface area contributed by atoms with Gasteiger partial charge in [-0.25, -0.2) is 13.6 Å². The van der Waals surface area contributed by atoms with Crippen LogP contribution in [0.2, 0.25) is 5.02 Å². The number of hydrogen-bond acceptors (Lipinski definition) is 4. The molecule has 0 aromatic heterocycles. The summed E-state index contributed by atoms with van der Waals surface area (Å²) in [4.78, 5) is 23.4. The van der Waals surface area contributed by atoms with Crippen LogP contribution in [0, 0.1) is 25.5 Å². The Balaban J connectivity index is 1.81. The predicted molar refractivity (Wildman–Crippen MR) is 92.4 cm³/mol. The summed E-state index contributed by atoms with van der Waals surface area (Å²) in [7, 11) is 0. The highest BCUT2D eigenvalue weighted by Gasteiger charge is 2.12. The molecule has 0 radical (unpaired) electrons. The summed E-state index contributed by atoms with van der Waals surface area (Å²) in [6.07, 6.45) is 0. The van der Waals surface area contributed by atoms with Crippen molar-refractivity contribution in [1.82, 2.24) is 0 Å². The highest BCUT2D eigenvalue weighted by molar-refractivity contribution is 6.30. The third-order valence-corrected chi connectivity index (χ3v) is 3.55. The zero-order valence-electron chi connectivity index (χ0n) is 14.1. The van der Waals surface area contributed by atoms with E-state index in [-0.39, 0.29) is 12.3 Å². The monoisotopic (exact) mass is 383 g/mol. The van der Waals surface area contributed by atoms with Gasteiger partial charge >= 0.3 is 5.97 Å². The predicted octanol–water partition coefficient (Wildman–Crippen LogP) is 3.80. The molecule has 0 saturated heterocycles. The Hall–Kier alpha value is -2.67. The van der Waals surface area contributed by atoms with Crippen molar-refractivity contribution in [2.45, 2.75) is 13.8 Å². The number of amides is 1. The number of hydrogen-bond donors (Lipinski definition) is 1. The van der Waals surface area contributed by atoms with Crippen LogP contribution in [-0.2, 0) is 14.3 Å². The number of benzene rings is 2. The van der Waals surface area contributed by atoms with Gasteiger partial charge in [0.2, 0.25) is 0 Å². The number of nitrogens with one attached hydrogen (secondary N) is 1. The lowest BCUT2D eigenvalue weighted by Gasteiger charge is -2.12. The topological polar surface area (TPSA) is 64.6 Å². The first-order valence-corrected chi connectivity index (χ1v) is 7.94. The first-order chi connectivity index (χ1) is 12.3. The van der Waals surface area contributed by atoms with Crippen LogP contribution >= 0.6 is 11.6 Å². The second-order valence-corrected chi connectivity index (χ2v) is 5.93. The fourth-order valence-electron chi connectivity index (χ4n) is 2.21. The van der Waals surface area contributed by atoms with E-state index in [0.717, 1.165) is 23.3 Å². The number of carbonyl (C=O) groups excluding carboxylic acids is 2. The minimum Gasteiger partial charge on any atom is -0.481 e. The van der Waals surface area contributed by atoms with E-state index in [0.29, 0.717) is 10.8 Å². The van der Waals surface area contributed by atoms with Crippen LogP contribution in [0.3, 0.4) is 0 Å². The van der Waals surface area contributed by atoms with Crippen molar-refractivity contribution in [3.05, 3.63) is 58.1 Å². The molecule has 2 aromatic carbocycles. The number of aryl methyl sites for hydroxylation is 2. The van der Waals surface area contributed by atoms with Gasteiger partial charge in [-0.3, -0.25) is 4.79 Å². The number of ether oxygens (including phenoxy) is 2. The number of anilines is 1. The van der Waals surface area contributed by atoms with E-state index < -0.39 is 30.1 Å². The maximum atomic E-state index is 13.1. The van der Waals surface area contributed by atoms with Crippen molar-refractivity contribution in [3.8, 4) is 5.75 Å². The third-order valence-electron chi connectivity index (χ3n) is 3.33. The zero-order valence-corrected chi connectivity index (χ0v) is 14.8. The van der Waals surface area contributed by atoms with E-state index in [2.05, 4.69) is 5.32 Å². The third kappa shape index (κ3) is 5.42. The molecule has 0 heterocycles. The molecule has 138 valence electrons. The van der Waals surface area contributed by atoms with Gasteiger partial charge in [0.1, 0.15) is 5.75 Å². The summed E-state index contributed by atoms with van der Waals surface area (Å²) in [5.41, 5.74) is 1.58. The average molecular weight is 384 g/mol. The molecular weight excluding hydrogens is 368 g/mol. The van der Waals surface area contributed by atoms with Gasteiger partial charge in [0.15, 0.2) is 24.8 Å². The second-order valence-electron chi connectivity index (χ2n) is 5.50. The maximum absolute atomic E-state index is 13.1. The molecule has 0 aliphatic rings. The minimum absolute atomic E-state index is 0.0496. The van der Waals surface area contributed by atoms with Crippen molar-refractivity contribution in [2.24, 2.45) is 0 Å². The Bertz CT molecular complexity index is 819. The summed E-state index contributed by atoms with van der Waals surface area (Å²) in [5.74, 6) is -3.05. The SMILES string of the molecule is Cc1cc(Cl)cc(C)c1OCC(=O)OCC(=O)Nc1ccc(F)c(F)c1. The van der Waals surface area contributed by atoms with Gasteiger partial charge < -0.3 is 14.8 Å². The average Bonchev–Trinajstić information content (AvgIpc) is 2.55. The van der Waals surface area contributed by atoms with Crippen LogP contribution in [0.25, 0.3) is 0 Å². The highest BCUT2D eigenvalue weighted by atomic mass is 35.5. The summed E-state index contributed by atoms with van der Waals surface area (Å²) < 4.78 is 36.1. The Morgan fingerprint density at radius 1 is 1.04 bits per heavy atom. The lowest BCUT2D eigenvalue weighted by molar-refractivity contribution is -0.149. The molecule has 0 unspecified atom stereocenters. The first kappa shape index (κ1) is 19.7. The van der Waals surface area contributed by atoms with Gasteiger partial charge in [-0.15, -0.1) is 0 Å². The van der Waals surface area contributed by atoms with Crippen molar-refractivity contribution in [2.75, 3.05) is 18.5 Å². The van der Waals surface area contributed by atoms with E-state index in [4.69, 9.17) is 21.1 Å². The minimum atomic E-state index is -1.10. The van der Waals surface area contributed by atoms with Gasteiger partial charge in [0.25, 0.3) is 5.91 Å². The standard InChI is InChI=1S/C18H16ClF2NO4/c1-10-5-12(19)6-11(2)18(10)26-9-17(24)25-8-16(23)22-13-3-4-14(20)15(21)7-13/h3-7H,8-9H2,1-2H3,(H,22,23). The number of carbonyl (C=O) groups is 2. The van der Waals surface area contributed by atoms with Crippen LogP contribution in [0.15, 0.2) is 30.3 Å². The molecule has 1 N–H and O–H groups in total. The molecule has 26 heavy (non-hydrogen) atoms. The van der Waals surface area contributed by atoms with Crippen LogP contribution in [0.1, 0.15) is 11.1 Å². The highest BCUT2D eigenvalue weighted by Crippen LogP contribution is 2.26. The number of esters is 1. The molecule has 0 aliphatic heterocycles. The summed E-state index contributed by atoms with van der Waals surface area (Å²) in [6.45, 7) is 2.60. The smallest absolute Gasteiger partial charge is 0.344 e. The summed E-state index contributed by atoms with van der Waals surface area (Å²) in [6, 6.07) is 6.29.